The minimum atomic E-state index is -0.287. The van der Waals surface area contributed by atoms with Crippen LogP contribution in [0.4, 0.5) is 9.93 Å². The molecule has 1 atom stereocenters. The van der Waals surface area contributed by atoms with Crippen LogP contribution in [0.2, 0.25) is 0 Å². The largest absolute Gasteiger partial charge is 0.340 e. The average molecular weight is 399 g/mol. The Balaban J connectivity index is 1.43. The number of carbonyl (C=O) groups is 1. The molecule has 2 amide bonds. The van der Waals surface area contributed by atoms with Crippen LogP contribution in [-0.2, 0) is 0 Å². The van der Waals surface area contributed by atoms with Crippen molar-refractivity contribution >= 4 is 33.5 Å². The number of aromatic nitrogens is 4. The summed E-state index contributed by atoms with van der Waals surface area (Å²) in [5.41, 5.74) is 1.86. The summed E-state index contributed by atoms with van der Waals surface area (Å²) in [6.07, 6.45) is 6.15. The number of urea groups is 1. The van der Waals surface area contributed by atoms with Gasteiger partial charge in [0.15, 0.2) is 0 Å². The maximum Gasteiger partial charge on any atom is 0.321 e. The normalized spacial score (nSPS) is 16.4. The molecule has 1 aromatic carbocycles. The molecule has 0 spiro atoms. The van der Waals surface area contributed by atoms with Crippen LogP contribution in [0.1, 0.15) is 68.7 Å². The summed E-state index contributed by atoms with van der Waals surface area (Å²) in [6.45, 7) is 4.12. The van der Waals surface area contributed by atoms with Gasteiger partial charge in [-0.25, -0.2) is 9.78 Å². The fourth-order valence-electron chi connectivity index (χ4n) is 3.74. The Hall–Kier alpha value is -2.48. The SMILES string of the molecule is CC(C)C(NC(=O)Nc1nnc(C2CCCCC2)s1)c1nc2ccccc2[nH]1. The number of benzene rings is 1. The first-order valence-corrected chi connectivity index (χ1v) is 10.8. The van der Waals surface area contributed by atoms with Crippen LogP contribution >= 0.6 is 11.3 Å². The first kappa shape index (κ1) is 18.9. The number of amides is 2. The molecular weight excluding hydrogens is 372 g/mol. The molecule has 2 aromatic heterocycles. The van der Waals surface area contributed by atoms with Gasteiger partial charge in [0.2, 0.25) is 5.13 Å². The number of imidazole rings is 1. The molecular formula is C20H26N6OS. The maximum atomic E-state index is 12.6. The second-order valence-electron chi connectivity index (χ2n) is 7.74. The Morgan fingerprint density at radius 1 is 1.18 bits per heavy atom. The van der Waals surface area contributed by atoms with Crippen LogP contribution in [0.3, 0.4) is 0 Å². The predicted molar refractivity (Wildman–Crippen MR) is 112 cm³/mol. The summed E-state index contributed by atoms with van der Waals surface area (Å²) in [5, 5.41) is 15.9. The van der Waals surface area contributed by atoms with Crippen molar-refractivity contribution in [3.63, 3.8) is 0 Å². The van der Waals surface area contributed by atoms with E-state index in [0.29, 0.717) is 11.0 Å². The molecule has 8 heteroatoms. The van der Waals surface area contributed by atoms with E-state index < -0.39 is 0 Å². The van der Waals surface area contributed by atoms with Crippen LogP contribution in [0.15, 0.2) is 24.3 Å². The summed E-state index contributed by atoms with van der Waals surface area (Å²) in [5.74, 6) is 1.42. The van der Waals surface area contributed by atoms with Crippen molar-refractivity contribution in [1.82, 2.24) is 25.5 Å². The molecule has 7 nitrogen and oxygen atoms in total. The zero-order chi connectivity index (χ0) is 19.5. The first-order chi connectivity index (χ1) is 13.6. The van der Waals surface area contributed by atoms with Crippen molar-refractivity contribution in [2.24, 2.45) is 5.92 Å². The van der Waals surface area contributed by atoms with Crippen molar-refractivity contribution < 1.29 is 4.79 Å². The summed E-state index contributed by atoms with van der Waals surface area (Å²) < 4.78 is 0. The van der Waals surface area contributed by atoms with Gasteiger partial charge in [0.25, 0.3) is 0 Å². The topological polar surface area (TPSA) is 95.6 Å². The quantitative estimate of drug-likeness (QED) is 0.565. The molecule has 1 aliphatic rings. The van der Waals surface area contributed by atoms with E-state index in [1.54, 1.807) is 0 Å². The number of hydrogen-bond donors (Lipinski definition) is 3. The van der Waals surface area contributed by atoms with Gasteiger partial charge >= 0.3 is 6.03 Å². The number of aromatic amines is 1. The highest BCUT2D eigenvalue weighted by Crippen LogP contribution is 2.35. The van der Waals surface area contributed by atoms with E-state index in [1.807, 2.05) is 24.3 Å². The predicted octanol–water partition coefficient (Wildman–Crippen LogP) is 4.98. The number of hydrogen-bond acceptors (Lipinski definition) is 5. The number of para-hydroxylation sites is 2. The van der Waals surface area contributed by atoms with Crippen LogP contribution < -0.4 is 10.6 Å². The van der Waals surface area contributed by atoms with Gasteiger partial charge in [-0.1, -0.05) is 56.6 Å². The van der Waals surface area contributed by atoms with E-state index in [0.717, 1.165) is 21.9 Å². The highest BCUT2D eigenvalue weighted by atomic mass is 32.1. The highest BCUT2D eigenvalue weighted by Gasteiger charge is 2.23. The third kappa shape index (κ3) is 4.16. The highest BCUT2D eigenvalue weighted by molar-refractivity contribution is 7.15. The molecule has 1 fully saturated rings. The molecule has 3 aromatic rings. The lowest BCUT2D eigenvalue weighted by atomic mass is 9.90. The van der Waals surface area contributed by atoms with Crippen LogP contribution in [0, 0.1) is 5.92 Å². The number of carbonyl (C=O) groups excluding carboxylic acids is 1. The Kier molecular flexibility index (Phi) is 5.57. The van der Waals surface area contributed by atoms with Gasteiger partial charge in [-0.2, -0.15) is 0 Å². The smallest absolute Gasteiger partial charge is 0.321 e. The molecule has 1 unspecified atom stereocenters. The Bertz CT molecular complexity index is 910. The molecule has 0 saturated heterocycles. The molecule has 148 valence electrons. The van der Waals surface area contributed by atoms with Gasteiger partial charge in [-0.05, 0) is 30.9 Å². The molecule has 3 N–H and O–H groups in total. The van der Waals surface area contributed by atoms with Crippen molar-refractivity contribution in [1.29, 1.82) is 0 Å². The minimum absolute atomic E-state index is 0.179. The van der Waals surface area contributed by atoms with E-state index in [4.69, 9.17) is 0 Å². The van der Waals surface area contributed by atoms with E-state index in [2.05, 4.69) is 44.6 Å². The number of rotatable bonds is 5. The molecule has 28 heavy (non-hydrogen) atoms. The number of nitrogens with zero attached hydrogens (tertiary/aromatic N) is 3. The van der Waals surface area contributed by atoms with Crippen molar-refractivity contribution in [3.8, 4) is 0 Å². The molecule has 2 heterocycles. The monoisotopic (exact) mass is 398 g/mol. The second kappa shape index (κ2) is 8.26. The second-order valence-corrected chi connectivity index (χ2v) is 8.75. The van der Waals surface area contributed by atoms with E-state index in [9.17, 15) is 4.79 Å². The lowest BCUT2D eigenvalue weighted by Crippen LogP contribution is -2.35. The zero-order valence-electron chi connectivity index (χ0n) is 16.2. The molecule has 4 rings (SSSR count). The van der Waals surface area contributed by atoms with Crippen molar-refractivity contribution in [2.75, 3.05) is 5.32 Å². The van der Waals surface area contributed by atoms with E-state index in [-0.39, 0.29) is 18.0 Å². The lowest BCUT2D eigenvalue weighted by Gasteiger charge is -2.20. The van der Waals surface area contributed by atoms with Crippen LogP contribution in [-0.4, -0.2) is 26.2 Å². The summed E-state index contributed by atoms with van der Waals surface area (Å²) >= 11 is 1.49. The van der Waals surface area contributed by atoms with E-state index >= 15 is 0 Å². The number of fused-ring (bicyclic) bond motifs is 1. The molecule has 0 aliphatic heterocycles. The van der Waals surface area contributed by atoms with Crippen molar-refractivity contribution in [3.05, 3.63) is 35.1 Å². The van der Waals surface area contributed by atoms with Crippen molar-refractivity contribution in [2.45, 2.75) is 57.9 Å². The Labute approximate surface area is 168 Å². The van der Waals surface area contributed by atoms with Crippen LogP contribution in [0.25, 0.3) is 11.0 Å². The molecule has 1 saturated carbocycles. The molecule has 1 aliphatic carbocycles. The molecule has 0 bridgehead atoms. The van der Waals surface area contributed by atoms with Gasteiger partial charge in [-0.15, -0.1) is 10.2 Å². The number of anilines is 1. The number of H-pyrrole nitrogens is 1. The van der Waals surface area contributed by atoms with Gasteiger partial charge in [0.1, 0.15) is 10.8 Å². The Morgan fingerprint density at radius 3 is 2.71 bits per heavy atom. The van der Waals surface area contributed by atoms with Gasteiger partial charge < -0.3 is 10.3 Å². The maximum absolute atomic E-state index is 12.6. The number of nitrogens with one attached hydrogen (secondary N) is 3. The fraction of sp³-hybridized carbons (Fsp3) is 0.500. The van der Waals surface area contributed by atoms with Gasteiger partial charge in [0, 0.05) is 5.92 Å². The average Bonchev–Trinajstić information content (AvgIpc) is 3.33. The minimum Gasteiger partial charge on any atom is -0.340 e. The van der Waals surface area contributed by atoms with Gasteiger partial charge in [-0.3, -0.25) is 5.32 Å². The summed E-state index contributed by atoms with van der Waals surface area (Å²) in [4.78, 5) is 20.5. The van der Waals surface area contributed by atoms with E-state index in [1.165, 1.54) is 43.4 Å². The molecule has 0 radical (unpaired) electrons. The summed E-state index contributed by atoms with van der Waals surface area (Å²) in [6, 6.07) is 7.35. The zero-order valence-corrected chi connectivity index (χ0v) is 17.1. The standard InChI is InChI=1S/C20H26N6OS/c1-12(2)16(17-21-14-10-6-7-11-15(14)22-17)23-19(27)24-20-26-25-18(28-20)13-8-4-3-5-9-13/h6-7,10-13,16H,3-5,8-9H2,1-2H3,(H,21,22)(H2,23,24,26,27). The fourth-order valence-corrected chi connectivity index (χ4v) is 4.65. The first-order valence-electron chi connectivity index (χ1n) is 9.95. The van der Waals surface area contributed by atoms with Gasteiger partial charge in [0.05, 0.1) is 17.1 Å². The summed E-state index contributed by atoms with van der Waals surface area (Å²) in [7, 11) is 0. The lowest BCUT2D eigenvalue weighted by molar-refractivity contribution is 0.244. The third-order valence-electron chi connectivity index (χ3n) is 5.27. The third-order valence-corrected chi connectivity index (χ3v) is 6.27. The Morgan fingerprint density at radius 2 is 1.96 bits per heavy atom. The van der Waals surface area contributed by atoms with Crippen LogP contribution in [0.5, 0.6) is 0 Å².